The fourth-order valence-electron chi connectivity index (χ4n) is 2.59. The predicted molar refractivity (Wildman–Crippen MR) is 92.1 cm³/mol. The van der Waals surface area contributed by atoms with E-state index in [1.807, 2.05) is 0 Å². The lowest BCUT2D eigenvalue weighted by atomic mass is 10.0. The Hall–Kier alpha value is -3.09. The van der Waals surface area contributed by atoms with E-state index >= 15 is 0 Å². The summed E-state index contributed by atoms with van der Waals surface area (Å²) >= 11 is 0. The monoisotopic (exact) mass is 360 g/mol. The molecule has 0 N–H and O–H groups in total. The third-order valence-electron chi connectivity index (χ3n) is 3.82. The molecule has 4 nitrogen and oxygen atoms in total. The second-order valence-corrected chi connectivity index (χ2v) is 5.89. The predicted octanol–water partition coefficient (Wildman–Crippen LogP) is 4.91. The first-order valence-corrected chi connectivity index (χ1v) is 7.70. The minimum absolute atomic E-state index is 0.181. The maximum absolute atomic E-state index is 13.1. The molecule has 0 bridgehead atoms. The van der Waals surface area contributed by atoms with E-state index in [4.69, 9.17) is 4.42 Å². The minimum atomic E-state index is -4.48. The average molecular weight is 360 g/mol. The van der Waals surface area contributed by atoms with Crippen molar-refractivity contribution in [3.05, 3.63) is 60.0 Å². The lowest BCUT2D eigenvalue weighted by Crippen LogP contribution is -2.14. The van der Waals surface area contributed by atoms with Crippen LogP contribution in [0.2, 0.25) is 0 Å². The Kier molecular flexibility index (Phi) is 4.54. The first kappa shape index (κ1) is 17.7. The SMILES string of the molecule is CN(C)c1ncc(C(F)(F)F)cc1-c1cccc(-c2ccc(C=O)o2)c1. The van der Waals surface area contributed by atoms with Crippen LogP contribution < -0.4 is 4.90 Å². The zero-order valence-corrected chi connectivity index (χ0v) is 14.0. The van der Waals surface area contributed by atoms with Gasteiger partial charge in [-0.1, -0.05) is 18.2 Å². The summed E-state index contributed by atoms with van der Waals surface area (Å²) in [6.07, 6.45) is -3.07. The molecule has 0 saturated heterocycles. The highest BCUT2D eigenvalue weighted by Gasteiger charge is 2.32. The van der Waals surface area contributed by atoms with E-state index in [-0.39, 0.29) is 5.76 Å². The van der Waals surface area contributed by atoms with Gasteiger partial charge in [-0.05, 0) is 29.8 Å². The second kappa shape index (κ2) is 6.67. The summed E-state index contributed by atoms with van der Waals surface area (Å²) in [6.45, 7) is 0. The summed E-state index contributed by atoms with van der Waals surface area (Å²) in [6, 6.07) is 11.1. The fourth-order valence-corrected chi connectivity index (χ4v) is 2.59. The number of pyridine rings is 1. The van der Waals surface area contributed by atoms with Crippen molar-refractivity contribution in [3.8, 4) is 22.5 Å². The van der Waals surface area contributed by atoms with Gasteiger partial charge in [0.05, 0.1) is 5.56 Å². The van der Waals surface area contributed by atoms with E-state index in [0.717, 1.165) is 12.3 Å². The van der Waals surface area contributed by atoms with Crippen LogP contribution in [0.15, 0.2) is 53.1 Å². The Morgan fingerprint density at radius 1 is 1.08 bits per heavy atom. The molecule has 0 radical (unpaired) electrons. The third-order valence-corrected chi connectivity index (χ3v) is 3.82. The van der Waals surface area contributed by atoms with Gasteiger partial charge < -0.3 is 9.32 Å². The van der Waals surface area contributed by atoms with Gasteiger partial charge in [0.2, 0.25) is 0 Å². The van der Waals surface area contributed by atoms with Crippen molar-refractivity contribution in [1.29, 1.82) is 0 Å². The van der Waals surface area contributed by atoms with Gasteiger partial charge in [-0.25, -0.2) is 4.98 Å². The third kappa shape index (κ3) is 3.46. The van der Waals surface area contributed by atoms with Crippen LogP contribution in [-0.4, -0.2) is 25.4 Å². The van der Waals surface area contributed by atoms with Gasteiger partial charge in [0.25, 0.3) is 0 Å². The Bertz CT molecular complexity index is 946. The van der Waals surface area contributed by atoms with Gasteiger partial charge >= 0.3 is 6.18 Å². The number of aromatic nitrogens is 1. The minimum Gasteiger partial charge on any atom is -0.453 e. The van der Waals surface area contributed by atoms with E-state index in [1.54, 1.807) is 49.3 Å². The summed E-state index contributed by atoms with van der Waals surface area (Å²) in [7, 11) is 3.43. The first-order valence-electron chi connectivity index (χ1n) is 7.70. The maximum Gasteiger partial charge on any atom is 0.417 e. The number of nitrogens with zero attached hydrogens (tertiary/aromatic N) is 2. The quantitative estimate of drug-likeness (QED) is 0.621. The van der Waals surface area contributed by atoms with Crippen LogP contribution in [0.4, 0.5) is 19.0 Å². The number of furan rings is 1. The lowest BCUT2D eigenvalue weighted by Gasteiger charge is -2.18. The second-order valence-electron chi connectivity index (χ2n) is 5.89. The molecule has 0 saturated carbocycles. The van der Waals surface area contributed by atoms with Gasteiger partial charge in [0.1, 0.15) is 11.6 Å². The van der Waals surface area contributed by atoms with Crippen molar-refractivity contribution >= 4 is 12.1 Å². The van der Waals surface area contributed by atoms with E-state index in [2.05, 4.69) is 4.98 Å². The van der Waals surface area contributed by atoms with Gasteiger partial charge in [-0.3, -0.25) is 4.79 Å². The van der Waals surface area contributed by atoms with Gasteiger partial charge in [-0.15, -0.1) is 0 Å². The summed E-state index contributed by atoms with van der Waals surface area (Å²) in [5.74, 6) is 1.06. The molecule has 0 amide bonds. The molecular weight excluding hydrogens is 345 g/mol. The highest BCUT2D eigenvalue weighted by atomic mass is 19.4. The summed E-state index contributed by atoms with van der Waals surface area (Å²) in [5, 5.41) is 0. The lowest BCUT2D eigenvalue weighted by molar-refractivity contribution is -0.137. The Labute approximate surface area is 147 Å². The van der Waals surface area contributed by atoms with Crippen molar-refractivity contribution in [3.63, 3.8) is 0 Å². The molecule has 2 aromatic heterocycles. The number of hydrogen-bond acceptors (Lipinski definition) is 4. The molecule has 2 heterocycles. The molecule has 0 aliphatic rings. The number of rotatable bonds is 4. The number of aldehydes is 1. The number of carbonyl (C=O) groups excluding carboxylic acids is 1. The molecule has 3 rings (SSSR count). The van der Waals surface area contributed by atoms with E-state index in [0.29, 0.717) is 34.6 Å². The van der Waals surface area contributed by atoms with Gasteiger partial charge in [0, 0.05) is 31.4 Å². The van der Waals surface area contributed by atoms with Crippen molar-refractivity contribution < 1.29 is 22.4 Å². The molecule has 0 spiro atoms. The van der Waals surface area contributed by atoms with E-state index in [1.165, 1.54) is 6.07 Å². The number of hydrogen-bond donors (Lipinski definition) is 0. The van der Waals surface area contributed by atoms with Crippen LogP contribution in [0.5, 0.6) is 0 Å². The zero-order chi connectivity index (χ0) is 18.9. The molecule has 0 aliphatic heterocycles. The van der Waals surface area contributed by atoms with Crippen LogP contribution >= 0.6 is 0 Å². The Morgan fingerprint density at radius 3 is 2.42 bits per heavy atom. The van der Waals surface area contributed by atoms with Crippen molar-refractivity contribution in [2.45, 2.75) is 6.18 Å². The molecule has 26 heavy (non-hydrogen) atoms. The van der Waals surface area contributed by atoms with Crippen molar-refractivity contribution in [2.24, 2.45) is 0 Å². The molecule has 134 valence electrons. The zero-order valence-electron chi connectivity index (χ0n) is 14.0. The molecule has 1 aromatic carbocycles. The molecule has 7 heteroatoms. The van der Waals surface area contributed by atoms with Gasteiger partial charge in [-0.2, -0.15) is 13.2 Å². The number of halogens is 3. The summed E-state index contributed by atoms with van der Waals surface area (Å²) < 4.78 is 44.7. The van der Waals surface area contributed by atoms with Crippen LogP contribution in [0.25, 0.3) is 22.5 Å². The number of alkyl halides is 3. The molecule has 0 unspecified atom stereocenters. The first-order chi connectivity index (χ1) is 12.3. The van der Waals surface area contributed by atoms with Gasteiger partial charge in [0.15, 0.2) is 12.0 Å². The number of anilines is 1. The number of carbonyl (C=O) groups is 1. The summed E-state index contributed by atoms with van der Waals surface area (Å²) in [4.78, 5) is 16.4. The maximum atomic E-state index is 13.1. The van der Waals surface area contributed by atoms with E-state index < -0.39 is 11.7 Å². The molecule has 0 fully saturated rings. The fraction of sp³-hybridized carbons (Fsp3) is 0.158. The standard InChI is InChI=1S/C19H15F3N2O2/c1-24(2)18-16(9-14(10-23-18)19(20,21)22)12-4-3-5-13(8-12)17-7-6-15(11-25)26-17/h3-11H,1-2H3. The molecule has 0 aliphatic carbocycles. The Morgan fingerprint density at radius 2 is 1.81 bits per heavy atom. The Balaban J connectivity index is 2.13. The highest BCUT2D eigenvalue weighted by molar-refractivity contribution is 5.80. The van der Waals surface area contributed by atoms with Crippen LogP contribution in [0.1, 0.15) is 16.1 Å². The average Bonchev–Trinajstić information content (AvgIpc) is 3.10. The van der Waals surface area contributed by atoms with Crippen LogP contribution in [0, 0.1) is 0 Å². The topological polar surface area (TPSA) is 46.3 Å². The van der Waals surface area contributed by atoms with Crippen molar-refractivity contribution in [1.82, 2.24) is 4.98 Å². The molecule has 3 aromatic rings. The highest BCUT2D eigenvalue weighted by Crippen LogP contribution is 2.36. The normalized spacial score (nSPS) is 11.4. The van der Waals surface area contributed by atoms with Crippen LogP contribution in [0.3, 0.4) is 0 Å². The summed E-state index contributed by atoms with van der Waals surface area (Å²) in [5.41, 5.74) is 0.755. The largest absolute Gasteiger partial charge is 0.453 e. The molecule has 0 atom stereocenters. The van der Waals surface area contributed by atoms with Crippen LogP contribution in [-0.2, 0) is 6.18 Å². The smallest absolute Gasteiger partial charge is 0.417 e. The van der Waals surface area contributed by atoms with E-state index in [9.17, 15) is 18.0 Å². The van der Waals surface area contributed by atoms with Crippen molar-refractivity contribution in [2.75, 3.05) is 19.0 Å². The molecular formula is C19H15F3N2O2. The number of benzene rings is 1.